The molecule has 3 rings (SSSR count). The number of rotatable bonds is 4. The molecule has 8 nitrogen and oxygen atoms in total. The molecule has 0 spiro atoms. The smallest absolute Gasteiger partial charge is 0.293 e. The summed E-state index contributed by atoms with van der Waals surface area (Å²) in [4.78, 5) is 39.7. The van der Waals surface area contributed by atoms with E-state index in [1.54, 1.807) is 44.2 Å². The minimum Gasteiger partial charge on any atom is -0.319 e. The van der Waals surface area contributed by atoms with Gasteiger partial charge in [-0.1, -0.05) is 18.2 Å². The summed E-state index contributed by atoms with van der Waals surface area (Å²) in [6.07, 6.45) is 1.29. The van der Waals surface area contributed by atoms with Crippen LogP contribution in [0.25, 0.3) is 10.9 Å². The van der Waals surface area contributed by atoms with Gasteiger partial charge in [0.2, 0.25) is 5.91 Å². The van der Waals surface area contributed by atoms with E-state index in [9.17, 15) is 19.7 Å². The van der Waals surface area contributed by atoms with E-state index in [-0.39, 0.29) is 23.5 Å². The Balaban J connectivity index is 1.91. The van der Waals surface area contributed by atoms with Crippen molar-refractivity contribution >= 4 is 28.2 Å². The monoisotopic (exact) mass is 352 g/mol. The topological polar surface area (TPSA) is 107 Å². The van der Waals surface area contributed by atoms with Crippen molar-refractivity contribution < 1.29 is 9.72 Å². The maximum absolute atomic E-state index is 12.4. The number of hydrogen-bond donors (Lipinski definition) is 1. The van der Waals surface area contributed by atoms with Crippen LogP contribution in [0.4, 0.5) is 11.4 Å². The molecule has 0 radical (unpaired) electrons. The number of nitro benzene ring substituents is 1. The average Bonchev–Trinajstić information content (AvgIpc) is 2.61. The molecule has 1 N–H and O–H groups in total. The Hall–Kier alpha value is -3.55. The molecule has 0 aliphatic carbocycles. The van der Waals surface area contributed by atoms with Crippen LogP contribution in [0.2, 0.25) is 0 Å². The number of amides is 1. The quantitative estimate of drug-likeness (QED) is 0.573. The number of nitrogens with one attached hydrogen (secondary N) is 1. The molecule has 0 atom stereocenters. The molecular formula is C18H16N4O4. The molecule has 0 bridgehead atoms. The van der Waals surface area contributed by atoms with Crippen LogP contribution in [0.5, 0.6) is 0 Å². The standard InChI is InChI=1S/C18H16N4O4/c1-11-7-8-15(22(25)26)17(12(11)2)20-16(23)9-21-10-19-14-6-4-3-5-13(14)18(21)24/h3-8,10H,9H2,1-2H3,(H,20,23). The van der Waals surface area contributed by atoms with Gasteiger partial charge in [-0.05, 0) is 37.1 Å². The number of fused-ring (bicyclic) bond motifs is 1. The van der Waals surface area contributed by atoms with Crippen LogP contribution in [0.1, 0.15) is 11.1 Å². The van der Waals surface area contributed by atoms with Gasteiger partial charge in [0, 0.05) is 6.07 Å². The lowest BCUT2D eigenvalue weighted by Gasteiger charge is -2.12. The maximum Gasteiger partial charge on any atom is 0.293 e. The van der Waals surface area contributed by atoms with Crippen molar-refractivity contribution in [3.05, 3.63) is 74.3 Å². The second-order valence-electron chi connectivity index (χ2n) is 5.90. The Morgan fingerprint density at radius 2 is 1.96 bits per heavy atom. The first-order chi connectivity index (χ1) is 12.4. The number of aryl methyl sites for hydroxylation is 1. The molecule has 0 fully saturated rings. The highest BCUT2D eigenvalue weighted by Crippen LogP contribution is 2.30. The van der Waals surface area contributed by atoms with Gasteiger partial charge in [0.15, 0.2) is 0 Å². The summed E-state index contributed by atoms with van der Waals surface area (Å²) in [6.45, 7) is 3.20. The van der Waals surface area contributed by atoms with E-state index in [4.69, 9.17) is 0 Å². The molecule has 0 saturated heterocycles. The number of anilines is 1. The van der Waals surface area contributed by atoms with Crippen LogP contribution in [0.15, 0.2) is 47.5 Å². The summed E-state index contributed by atoms with van der Waals surface area (Å²) >= 11 is 0. The molecular weight excluding hydrogens is 336 g/mol. The second kappa shape index (κ2) is 6.75. The first-order valence-corrected chi connectivity index (χ1v) is 7.87. The zero-order chi connectivity index (χ0) is 18.8. The third kappa shape index (κ3) is 3.16. The van der Waals surface area contributed by atoms with Gasteiger partial charge < -0.3 is 5.32 Å². The van der Waals surface area contributed by atoms with Crippen molar-refractivity contribution in [2.75, 3.05) is 5.32 Å². The minimum atomic E-state index is -0.550. The van der Waals surface area contributed by atoms with E-state index in [1.165, 1.54) is 17.0 Å². The lowest BCUT2D eigenvalue weighted by Crippen LogP contribution is -2.28. The van der Waals surface area contributed by atoms with E-state index in [1.807, 2.05) is 0 Å². The predicted octanol–water partition coefficient (Wildman–Crippen LogP) is 2.56. The largest absolute Gasteiger partial charge is 0.319 e. The fourth-order valence-corrected chi connectivity index (χ4v) is 2.66. The van der Waals surface area contributed by atoms with Crippen molar-refractivity contribution in [1.82, 2.24) is 9.55 Å². The fourth-order valence-electron chi connectivity index (χ4n) is 2.66. The molecule has 3 aromatic rings. The van der Waals surface area contributed by atoms with Gasteiger partial charge in [0.05, 0.1) is 22.2 Å². The van der Waals surface area contributed by atoms with Crippen LogP contribution < -0.4 is 10.9 Å². The molecule has 1 aromatic heterocycles. The first-order valence-electron chi connectivity index (χ1n) is 7.87. The van der Waals surface area contributed by atoms with Crippen LogP contribution >= 0.6 is 0 Å². The third-order valence-electron chi connectivity index (χ3n) is 4.22. The second-order valence-corrected chi connectivity index (χ2v) is 5.90. The number of carbonyl (C=O) groups is 1. The van der Waals surface area contributed by atoms with Crippen LogP contribution in [0, 0.1) is 24.0 Å². The number of hydrogen-bond acceptors (Lipinski definition) is 5. The summed E-state index contributed by atoms with van der Waals surface area (Å²) in [7, 11) is 0. The Labute approximate surface area is 148 Å². The van der Waals surface area contributed by atoms with E-state index in [0.717, 1.165) is 5.56 Å². The Morgan fingerprint density at radius 1 is 1.23 bits per heavy atom. The van der Waals surface area contributed by atoms with Crippen LogP contribution in [0.3, 0.4) is 0 Å². The Bertz CT molecular complexity index is 1090. The molecule has 1 amide bonds. The Morgan fingerprint density at radius 3 is 2.69 bits per heavy atom. The lowest BCUT2D eigenvalue weighted by molar-refractivity contribution is -0.384. The van der Waals surface area contributed by atoms with Gasteiger partial charge in [0.25, 0.3) is 11.2 Å². The van der Waals surface area contributed by atoms with Gasteiger partial charge in [-0.25, -0.2) is 4.98 Å². The maximum atomic E-state index is 12.4. The highest BCUT2D eigenvalue weighted by molar-refractivity contribution is 5.94. The highest BCUT2D eigenvalue weighted by Gasteiger charge is 2.19. The number of aromatic nitrogens is 2. The van der Waals surface area contributed by atoms with Crippen LogP contribution in [-0.2, 0) is 11.3 Å². The van der Waals surface area contributed by atoms with Crippen molar-refractivity contribution in [1.29, 1.82) is 0 Å². The van der Waals surface area contributed by atoms with Crippen LogP contribution in [-0.4, -0.2) is 20.4 Å². The number of nitro groups is 1. The van der Waals surface area contributed by atoms with Gasteiger partial charge in [0.1, 0.15) is 12.2 Å². The third-order valence-corrected chi connectivity index (χ3v) is 4.22. The van der Waals surface area contributed by atoms with Crippen molar-refractivity contribution in [3.8, 4) is 0 Å². The average molecular weight is 352 g/mol. The van der Waals surface area contributed by atoms with Gasteiger partial charge in [-0.3, -0.25) is 24.3 Å². The van der Waals surface area contributed by atoms with E-state index >= 15 is 0 Å². The van der Waals surface area contributed by atoms with E-state index in [0.29, 0.717) is 16.5 Å². The normalized spacial score (nSPS) is 10.7. The molecule has 8 heteroatoms. The van der Waals surface area contributed by atoms with Gasteiger partial charge >= 0.3 is 0 Å². The van der Waals surface area contributed by atoms with Crippen molar-refractivity contribution in [3.63, 3.8) is 0 Å². The number of benzene rings is 2. The lowest BCUT2D eigenvalue weighted by atomic mass is 10.1. The Kier molecular flexibility index (Phi) is 4.49. The number of para-hydroxylation sites is 1. The molecule has 2 aromatic carbocycles. The zero-order valence-corrected chi connectivity index (χ0v) is 14.2. The molecule has 0 saturated carbocycles. The summed E-state index contributed by atoms with van der Waals surface area (Å²) in [5, 5.41) is 14.2. The fraction of sp³-hybridized carbons (Fsp3) is 0.167. The number of nitrogens with zero attached hydrogens (tertiary/aromatic N) is 3. The molecule has 0 aliphatic heterocycles. The van der Waals surface area contributed by atoms with Gasteiger partial charge in [-0.2, -0.15) is 0 Å². The molecule has 0 aliphatic rings. The van der Waals surface area contributed by atoms with Crippen molar-refractivity contribution in [2.24, 2.45) is 0 Å². The summed E-state index contributed by atoms with van der Waals surface area (Å²) in [6, 6.07) is 9.80. The zero-order valence-electron chi connectivity index (χ0n) is 14.2. The van der Waals surface area contributed by atoms with Gasteiger partial charge in [-0.15, -0.1) is 0 Å². The summed E-state index contributed by atoms with van der Waals surface area (Å²) < 4.78 is 1.18. The molecule has 1 heterocycles. The predicted molar refractivity (Wildman–Crippen MR) is 97.2 cm³/mol. The molecule has 26 heavy (non-hydrogen) atoms. The van der Waals surface area contributed by atoms with E-state index < -0.39 is 10.8 Å². The highest BCUT2D eigenvalue weighted by atomic mass is 16.6. The number of carbonyl (C=O) groups excluding carboxylic acids is 1. The first kappa shape index (κ1) is 17.3. The van der Waals surface area contributed by atoms with E-state index in [2.05, 4.69) is 10.3 Å². The minimum absolute atomic E-state index is 0.141. The summed E-state index contributed by atoms with van der Waals surface area (Å²) in [5.74, 6) is -0.541. The summed E-state index contributed by atoms with van der Waals surface area (Å²) in [5.41, 5.74) is 1.57. The van der Waals surface area contributed by atoms with Crippen molar-refractivity contribution in [2.45, 2.75) is 20.4 Å². The molecule has 0 unspecified atom stereocenters. The molecule has 132 valence electrons. The SMILES string of the molecule is Cc1ccc([N+](=O)[O-])c(NC(=O)Cn2cnc3ccccc3c2=O)c1C.